The lowest BCUT2D eigenvalue weighted by Gasteiger charge is -2.09. The molecule has 0 N–H and O–H groups in total. The fourth-order valence-corrected chi connectivity index (χ4v) is 0.786. The van der Waals surface area contributed by atoms with E-state index in [2.05, 4.69) is 6.07 Å². The second kappa shape index (κ2) is 4.62. The second-order valence-electron chi connectivity index (χ2n) is 2.92. The van der Waals surface area contributed by atoms with Crippen molar-refractivity contribution >= 4 is 5.97 Å². The van der Waals surface area contributed by atoms with Crippen molar-refractivity contribution in [3.63, 3.8) is 0 Å². The van der Waals surface area contributed by atoms with Crippen LogP contribution in [0.4, 0.5) is 0 Å². The topological polar surface area (TPSA) is 29.5 Å². The Labute approximate surface area is 77.9 Å². The second-order valence-corrected chi connectivity index (χ2v) is 2.92. The molecule has 13 heavy (non-hydrogen) atoms. The Morgan fingerprint density at radius 2 is 2.31 bits per heavy atom. The van der Waals surface area contributed by atoms with Crippen LogP contribution in [0.15, 0.2) is 24.3 Å². The van der Waals surface area contributed by atoms with Crippen molar-refractivity contribution in [2.45, 2.75) is 0 Å². The fourth-order valence-electron chi connectivity index (χ4n) is 0.786. The summed E-state index contributed by atoms with van der Waals surface area (Å²) in [6, 6.07) is 9.75. The molecule has 69 valence electrons. The van der Waals surface area contributed by atoms with Gasteiger partial charge < -0.3 is 4.74 Å². The summed E-state index contributed by atoms with van der Waals surface area (Å²) in [5.41, 5.74) is 0.462. The molecule has 0 spiro atoms. The van der Waals surface area contributed by atoms with Crippen molar-refractivity contribution in [3.05, 3.63) is 35.9 Å². The summed E-state index contributed by atoms with van der Waals surface area (Å²) in [6.45, 7) is 0.293. The van der Waals surface area contributed by atoms with Crippen LogP contribution >= 0.6 is 0 Å². The van der Waals surface area contributed by atoms with Gasteiger partial charge in [0.15, 0.2) is 0 Å². The Balaban J connectivity index is 2.50. The molecule has 3 heteroatoms. The lowest BCUT2D eigenvalue weighted by Crippen LogP contribution is -2.19. The van der Waals surface area contributed by atoms with Crippen LogP contribution in [0.5, 0.6) is 0 Å². The predicted octanol–water partition coefficient (Wildman–Crippen LogP) is 1.16. The molecule has 0 fully saturated rings. The molecule has 3 nitrogen and oxygen atoms in total. The number of ether oxygens (including phenoxy) is 1. The number of hydrogen-bond donors (Lipinski definition) is 0. The summed E-state index contributed by atoms with van der Waals surface area (Å²) < 4.78 is 4.95. The minimum Gasteiger partial charge on any atom is -0.446 e. The van der Waals surface area contributed by atoms with Crippen molar-refractivity contribution in [2.75, 3.05) is 20.8 Å². The average Bonchev–Trinajstić information content (AvgIpc) is 2.15. The predicted molar refractivity (Wildman–Crippen MR) is 49.2 cm³/mol. The average molecular weight is 178 g/mol. The van der Waals surface area contributed by atoms with Gasteiger partial charge in [0.25, 0.3) is 0 Å². The third-order valence-corrected chi connectivity index (χ3v) is 1.38. The van der Waals surface area contributed by atoms with E-state index in [0.717, 1.165) is 0 Å². The first-order valence-corrected chi connectivity index (χ1v) is 3.98. The summed E-state index contributed by atoms with van der Waals surface area (Å²) in [6.07, 6.45) is 0. The maximum atomic E-state index is 11.3. The summed E-state index contributed by atoms with van der Waals surface area (Å²) in [5.74, 6) is -0.339. The Morgan fingerprint density at radius 3 is 2.85 bits per heavy atom. The highest BCUT2D eigenvalue weighted by atomic mass is 16.5. The quantitative estimate of drug-likeness (QED) is 0.514. The Morgan fingerprint density at radius 1 is 1.54 bits per heavy atom. The van der Waals surface area contributed by atoms with Crippen molar-refractivity contribution in [3.8, 4) is 0 Å². The van der Waals surface area contributed by atoms with Gasteiger partial charge in [0.2, 0.25) is 0 Å². The van der Waals surface area contributed by atoms with Gasteiger partial charge in [-0.3, -0.25) is 4.90 Å². The zero-order chi connectivity index (χ0) is 9.68. The van der Waals surface area contributed by atoms with E-state index in [-0.39, 0.29) is 5.97 Å². The molecule has 1 radical (unpaired) electrons. The largest absolute Gasteiger partial charge is 0.446 e. The molecule has 0 amide bonds. The van der Waals surface area contributed by atoms with Crippen molar-refractivity contribution in [1.29, 1.82) is 0 Å². The van der Waals surface area contributed by atoms with Gasteiger partial charge in [0.05, 0.1) is 5.56 Å². The van der Waals surface area contributed by atoms with Gasteiger partial charge in [-0.25, -0.2) is 4.79 Å². The van der Waals surface area contributed by atoms with E-state index in [0.29, 0.717) is 12.3 Å². The lowest BCUT2D eigenvalue weighted by atomic mass is 10.2. The number of esters is 1. The molecule has 1 rings (SSSR count). The van der Waals surface area contributed by atoms with Crippen molar-refractivity contribution in [1.82, 2.24) is 4.90 Å². The number of hydrogen-bond acceptors (Lipinski definition) is 3. The van der Waals surface area contributed by atoms with Crippen LogP contribution < -0.4 is 0 Å². The molecule has 0 heterocycles. The molecule has 0 atom stereocenters. The van der Waals surface area contributed by atoms with Crippen LogP contribution in [-0.2, 0) is 4.74 Å². The van der Waals surface area contributed by atoms with E-state index < -0.39 is 0 Å². The third-order valence-electron chi connectivity index (χ3n) is 1.38. The van der Waals surface area contributed by atoms with Crippen LogP contribution in [0.25, 0.3) is 0 Å². The van der Waals surface area contributed by atoms with E-state index in [9.17, 15) is 4.79 Å². The molecule has 0 unspecified atom stereocenters. The number of rotatable bonds is 3. The standard InChI is InChI=1S/C10H12NO2/c1-11(2)8-13-10(12)9-6-4-3-5-7-9/h3-6H,8H2,1-2H3. The molecule has 0 bridgehead atoms. The molecule has 0 aliphatic rings. The highest BCUT2D eigenvalue weighted by molar-refractivity contribution is 5.88. The number of carbonyl (C=O) groups excluding carboxylic acids is 1. The normalized spacial score (nSPS) is 10.1. The maximum absolute atomic E-state index is 11.3. The molecule has 1 aromatic carbocycles. The number of benzene rings is 1. The summed E-state index contributed by atoms with van der Waals surface area (Å²) >= 11 is 0. The molecular formula is C10H12NO2. The minimum atomic E-state index is -0.339. The SMILES string of the molecule is CN(C)COC(=O)c1[c]cccc1. The van der Waals surface area contributed by atoms with Gasteiger partial charge in [-0.05, 0) is 26.2 Å². The third kappa shape index (κ3) is 3.25. The molecule has 0 aliphatic carbocycles. The molecule has 1 aromatic rings. The monoisotopic (exact) mass is 178 g/mol. The zero-order valence-corrected chi connectivity index (χ0v) is 7.78. The number of nitrogens with zero attached hydrogens (tertiary/aromatic N) is 1. The molecule has 0 aromatic heterocycles. The maximum Gasteiger partial charge on any atom is 0.340 e. The van der Waals surface area contributed by atoms with Gasteiger partial charge in [-0.1, -0.05) is 18.2 Å². The van der Waals surface area contributed by atoms with Gasteiger partial charge >= 0.3 is 5.97 Å². The first-order valence-electron chi connectivity index (χ1n) is 3.98. The smallest absolute Gasteiger partial charge is 0.340 e. The minimum absolute atomic E-state index is 0.293. The number of carbonyl (C=O) groups is 1. The highest BCUT2D eigenvalue weighted by Crippen LogP contribution is 1.99. The molecular weight excluding hydrogens is 166 g/mol. The highest BCUT2D eigenvalue weighted by Gasteiger charge is 2.05. The molecule has 0 aliphatic heterocycles. The fraction of sp³-hybridized carbons (Fsp3) is 0.300. The zero-order valence-electron chi connectivity index (χ0n) is 7.78. The van der Waals surface area contributed by atoms with Crippen LogP contribution in [0, 0.1) is 6.07 Å². The van der Waals surface area contributed by atoms with E-state index in [1.54, 1.807) is 23.1 Å². The van der Waals surface area contributed by atoms with E-state index in [4.69, 9.17) is 4.74 Å². The summed E-state index contributed by atoms with van der Waals surface area (Å²) in [7, 11) is 3.67. The Kier molecular flexibility index (Phi) is 3.46. The molecule has 0 saturated carbocycles. The van der Waals surface area contributed by atoms with Crippen LogP contribution in [0.2, 0.25) is 0 Å². The first kappa shape index (κ1) is 9.74. The van der Waals surface area contributed by atoms with Crippen LogP contribution in [0.3, 0.4) is 0 Å². The van der Waals surface area contributed by atoms with Crippen molar-refractivity contribution in [2.24, 2.45) is 0 Å². The lowest BCUT2D eigenvalue weighted by molar-refractivity contribution is 0.0319. The van der Waals surface area contributed by atoms with Crippen molar-refractivity contribution < 1.29 is 9.53 Å². The summed E-state index contributed by atoms with van der Waals surface area (Å²) in [5, 5.41) is 0. The van der Waals surface area contributed by atoms with Crippen LogP contribution in [0.1, 0.15) is 10.4 Å². The van der Waals surface area contributed by atoms with E-state index >= 15 is 0 Å². The van der Waals surface area contributed by atoms with Crippen LogP contribution in [-0.4, -0.2) is 31.7 Å². The molecule has 0 saturated heterocycles. The van der Waals surface area contributed by atoms with Gasteiger partial charge in [0, 0.05) is 0 Å². The first-order chi connectivity index (χ1) is 6.20. The van der Waals surface area contributed by atoms with E-state index in [1.165, 1.54) is 0 Å². The van der Waals surface area contributed by atoms with Gasteiger partial charge in [-0.15, -0.1) is 0 Å². The van der Waals surface area contributed by atoms with E-state index in [1.807, 2.05) is 20.2 Å². The Bertz CT molecular complexity index is 270. The van der Waals surface area contributed by atoms with Gasteiger partial charge in [0.1, 0.15) is 6.73 Å². The summed E-state index contributed by atoms with van der Waals surface area (Å²) in [4.78, 5) is 13.0. The Hall–Kier alpha value is -1.35. The van der Waals surface area contributed by atoms with Gasteiger partial charge in [-0.2, -0.15) is 0 Å².